The molecule has 25 heavy (non-hydrogen) atoms. The number of ether oxygens (including phenoxy) is 3. The Morgan fingerprint density at radius 3 is 2.32 bits per heavy atom. The van der Waals surface area contributed by atoms with Crippen molar-refractivity contribution in [2.75, 3.05) is 27.1 Å². The topological polar surface area (TPSA) is 44.8 Å². The first-order chi connectivity index (χ1) is 12.1. The lowest BCUT2D eigenvalue weighted by atomic mass is 10.1. The minimum atomic E-state index is -0.0723. The van der Waals surface area contributed by atoms with E-state index in [1.165, 1.54) is 6.08 Å². The number of benzene rings is 2. The highest BCUT2D eigenvalue weighted by atomic mass is 32.2. The van der Waals surface area contributed by atoms with Crippen molar-refractivity contribution < 1.29 is 19.0 Å². The van der Waals surface area contributed by atoms with Crippen LogP contribution in [0.1, 0.15) is 22.8 Å². The minimum Gasteiger partial charge on any atom is -0.497 e. The number of rotatable bonds is 8. The van der Waals surface area contributed by atoms with Gasteiger partial charge in [0.05, 0.1) is 21.3 Å². The molecule has 2 rings (SSSR count). The first-order valence-corrected chi connectivity index (χ1v) is 8.86. The Hall–Kier alpha value is -2.40. The number of allylic oxidation sites excluding steroid dienone is 1. The van der Waals surface area contributed by atoms with Gasteiger partial charge in [0.25, 0.3) is 0 Å². The van der Waals surface area contributed by atoms with Gasteiger partial charge in [0.15, 0.2) is 17.3 Å². The summed E-state index contributed by atoms with van der Waals surface area (Å²) in [6, 6.07) is 11.1. The van der Waals surface area contributed by atoms with Crippen LogP contribution in [-0.4, -0.2) is 32.9 Å². The van der Waals surface area contributed by atoms with Gasteiger partial charge in [-0.2, -0.15) is 0 Å². The number of carbonyl (C=O) groups is 1. The molecule has 0 saturated heterocycles. The Labute approximate surface area is 152 Å². The third-order valence-corrected chi connectivity index (χ3v) is 4.48. The molecule has 0 aliphatic rings. The maximum Gasteiger partial charge on any atom is 0.185 e. The zero-order chi connectivity index (χ0) is 18.2. The molecule has 0 aliphatic heterocycles. The lowest BCUT2D eigenvalue weighted by Gasteiger charge is -2.12. The zero-order valence-electron chi connectivity index (χ0n) is 14.9. The molecular weight excluding hydrogens is 336 g/mol. The molecule has 0 amide bonds. The summed E-state index contributed by atoms with van der Waals surface area (Å²) in [6.07, 6.45) is 3.24. The molecule has 0 spiro atoms. The van der Waals surface area contributed by atoms with Crippen molar-refractivity contribution in [1.82, 2.24) is 0 Å². The molecule has 2 aromatic carbocycles. The average molecular weight is 358 g/mol. The molecular formula is C20H22O4S. The van der Waals surface area contributed by atoms with E-state index in [1.807, 2.05) is 24.3 Å². The molecule has 0 aliphatic carbocycles. The van der Waals surface area contributed by atoms with E-state index < -0.39 is 0 Å². The van der Waals surface area contributed by atoms with Gasteiger partial charge in [-0.1, -0.05) is 6.92 Å². The maximum atomic E-state index is 12.4. The first-order valence-electron chi connectivity index (χ1n) is 7.88. The number of ketones is 1. The van der Waals surface area contributed by atoms with Gasteiger partial charge in [-0.05, 0) is 48.2 Å². The van der Waals surface area contributed by atoms with E-state index in [1.54, 1.807) is 51.3 Å². The maximum absolute atomic E-state index is 12.4. The van der Waals surface area contributed by atoms with Crippen LogP contribution in [0, 0.1) is 0 Å². The quantitative estimate of drug-likeness (QED) is 0.388. The van der Waals surface area contributed by atoms with E-state index in [4.69, 9.17) is 14.2 Å². The Balaban J connectivity index is 2.26. The molecule has 0 saturated carbocycles. The molecule has 5 heteroatoms. The summed E-state index contributed by atoms with van der Waals surface area (Å²) in [5, 5.41) is 0. The fourth-order valence-electron chi connectivity index (χ4n) is 2.35. The zero-order valence-corrected chi connectivity index (χ0v) is 15.7. The minimum absolute atomic E-state index is 0.0723. The summed E-state index contributed by atoms with van der Waals surface area (Å²) in [5.74, 6) is 2.67. The van der Waals surface area contributed by atoms with Crippen molar-refractivity contribution in [3.8, 4) is 17.2 Å². The smallest absolute Gasteiger partial charge is 0.185 e. The van der Waals surface area contributed by atoms with Crippen molar-refractivity contribution in [2.45, 2.75) is 11.8 Å². The largest absolute Gasteiger partial charge is 0.497 e. The molecule has 0 radical (unpaired) electrons. The van der Waals surface area contributed by atoms with Crippen LogP contribution in [0.15, 0.2) is 47.4 Å². The highest BCUT2D eigenvalue weighted by Gasteiger charge is 2.11. The molecule has 0 heterocycles. The number of carbonyl (C=O) groups excluding carboxylic acids is 1. The Bertz CT molecular complexity index is 751. The van der Waals surface area contributed by atoms with Crippen LogP contribution in [0.4, 0.5) is 0 Å². The monoisotopic (exact) mass is 358 g/mol. The van der Waals surface area contributed by atoms with E-state index in [2.05, 4.69) is 6.92 Å². The molecule has 0 bridgehead atoms. The van der Waals surface area contributed by atoms with E-state index in [0.29, 0.717) is 28.4 Å². The molecule has 0 aromatic heterocycles. The van der Waals surface area contributed by atoms with Gasteiger partial charge < -0.3 is 14.2 Å². The van der Waals surface area contributed by atoms with Gasteiger partial charge in [0, 0.05) is 22.1 Å². The lowest BCUT2D eigenvalue weighted by Crippen LogP contribution is -1.96. The van der Waals surface area contributed by atoms with Crippen LogP contribution in [0.3, 0.4) is 0 Å². The molecule has 0 fully saturated rings. The van der Waals surface area contributed by atoms with Crippen molar-refractivity contribution in [2.24, 2.45) is 0 Å². The Morgan fingerprint density at radius 2 is 1.76 bits per heavy atom. The molecule has 0 atom stereocenters. The fraction of sp³-hybridized carbons (Fsp3) is 0.250. The fourth-order valence-corrected chi connectivity index (χ4v) is 3.01. The van der Waals surface area contributed by atoms with Crippen LogP contribution in [0.25, 0.3) is 6.08 Å². The van der Waals surface area contributed by atoms with Crippen LogP contribution < -0.4 is 14.2 Å². The molecule has 4 nitrogen and oxygen atoms in total. The number of hydrogen-bond donors (Lipinski definition) is 0. The second-order valence-corrected chi connectivity index (χ2v) is 6.44. The summed E-state index contributed by atoms with van der Waals surface area (Å²) < 4.78 is 16.0. The van der Waals surface area contributed by atoms with Crippen LogP contribution in [0.2, 0.25) is 0 Å². The second kappa shape index (κ2) is 9.18. The third-order valence-electron chi connectivity index (χ3n) is 3.58. The number of methoxy groups -OCH3 is 3. The highest BCUT2D eigenvalue weighted by molar-refractivity contribution is 7.99. The van der Waals surface area contributed by atoms with Crippen molar-refractivity contribution in [3.63, 3.8) is 0 Å². The summed E-state index contributed by atoms with van der Waals surface area (Å²) in [5.41, 5.74) is 1.36. The normalized spacial score (nSPS) is 10.7. The van der Waals surface area contributed by atoms with Crippen molar-refractivity contribution in [1.29, 1.82) is 0 Å². The van der Waals surface area contributed by atoms with Gasteiger partial charge in [0.1, 0.15) is 5.75 Å². The van der Waals surface area contributed by atoms with Gasteiger partial charge in [-0.25, -0.2) is 0 Å². The average Bonchev–Trinajstić information content (AvgIpc) is 2.65. The summed E-state index contributed by atoms with van der Waals surface area (Å²) in [6.45, 7) is 2.10. The molecule has 0 unspecified atom stereocenters. The van der Waals surface area contributed by atoms with Crippen LogP contribution in [0.5, 0.6) is 17.2 Å². The number of hydrogen-bond acceptors (Lipinski definition) is 5. The van der Waals surface area contributed by atoms with Crippen molar-refractivity contribution >= 4 is 23.6 Å². The van der Waals surface area contributed by atoms with E-state index in [0.717, 1.165) is 10.6 Å². The molecule has 2 aromatic rings. The predicted molar refractivity (Wildman–Crippen MR) is 102 cm³/mol. The van der Waals surface area contributed by atoms with Crippen LogP contribution >= 0.6 is 11.8 Å². The molecule has 0 N–H and O–H groups in total. The molecule has 132 valence electrons. The highest BCUT2D eigenvalue weighted by Crippen LogP contribution is 2.36. The standard InChI is InChI=1S/C20H22O4S/c1-5-25-17-9-6-14(7-10-17)18(21)11-8-15-12-16(22-2)13-19(23-3)20(15)24-4/h6-13H,5H2,1-4H3. The Kier molecular flexibility index (Phi) is 6.95. The van der Waals surface area contributed by atoms with Crippen LogP contribution in [-0.2, 0) is 0 Å². The van der Waals surface area contributed by atoms with E-state index in [-0.39, 0.29) is 5.78 Å². The van der Waals surface area contributed by atoms with Gasteiger partial charge in [-0.15, -0.1) is 11.8 Å². The van der Waals surface area contributed by atoms with E-state index >= 15 is 0 Å². The Morgan fingerprint density at radius 1 is 1.04 bits per heavy atom. The predicted octanol–water partition coefficient (Wildman–Crippen LogP) is 4.72. The number of thioether (sulfide) groups is 1. The SMILES string of the molecule is CCSc1ccc(C(=O)C=Cc2cc(OC)cc(OC)c2OC)cc1. The van der Waals surface area contributed by atoms with Gasteiger partial charge in [0.2, 0.25) is 0 Å². The summed E-state index contributed by atoms with van der Waals surface area (Å²) in [7, 11) is 4.70. The lowest BCUT2D eigenvalue weighted by molar-refractivity contribution is 0.104. The summed E-state index contributed by atoms with van der Waals surface area (Å²) >= 11 is 1.75. The first kappa shape index (κ1) is 18.9. The van der Waals surface area contributed by atoms with Gasteiger partial charge in [-0.3, -0.25) is 4.79 Å². The second-order valence-electron chi connectivity index (χ2n) is 5.11. The van der Waals surface area contributed by atoms with Gasteiger partial charge >= 0.3 is 0 Å². The van der Waals surface area contributed by atoms with Crippen molar-refractivity contribution in [3.05, 3.63) is 53.6 Å². The van der Waals surface area contributed by atoms with E-state index in [9.17, 15) is 4.79 Å². The summed E-state index contributed by atoms with van der Waals surface area (Å²) in [4.78, 5) is 13.6. The third kappa shape index (κ3) is 4.79.